The molecule has 0 radical (unpaired) electrons. The van der Waals surface area contributed by atoms with Gasteiger partial charge in [0.2, 0.25) is 0 Å². The number of anilines is 1. The minimum Gasteiger partial charge on any atom is -0.477 e. The summed E-state index contributed by atoms with van der Waals surface area (Å²) >= 11 is 0. The number of ether oxygens (including phenoxy) is 1. The van der Waals surface area contributed by atoms with Gasteiger partial charge in [-0.25, -0.2) is 32.3 Å². The maximum absolute atomic E-state index is 14.2. The second kappa shape index (κ2) is 7.29. The smallest absolute Gasteiger partial charge is 0.352 e. The van der Waals surface area contributed by atoms with Crippen molar-refractivity contribution in [2.75, 3.05) is 19.1 Å². The summed E-state index contributed by atoms with van der Waals surface area (Å²) in [5.74, 6) is 0.00122. The van der Waals surface area contributed by atoms with Crippen LogP contribution in [0.15, 0.2) is 63.7 Å². The van der Waals surface area contributed by atoms with Crippen LogP contribution in [0.25, 0.3) is 5.69 Å². The zero-order chi connectivity index (χ0) is 23.5. The van der Waals surface area contributed by atoms with E-state index in [1.54, 1.807) is 12.1 Å². The minimum atomic E-state index is -1.92. The fourth-order valence-corrected chi connectivity index (χ4v) is 4.52. The molecule has 0 bridgehead atoms. The van der Waals surface area contributed by atoms with E-state index in [1.807, 2.05) is 0 Å². The number of hydrogen-bond donors (Lipinski definition) is 1. The lowest BCUT2D eigenvalue weighted by Gasteiger charge is -2.43. The molecule has 0 spiro atoms. The first kappa shape index (κ1) is 20.9. The van der Waals surface area contributed by atoms with Gasteiger partial charge in [-0.1, -0.05) is 12.1 Å². The highest BCUT2D eigenvalue weighted by atomic mass is 19.1. The van der Waals surface area contributed by atoms with Crippen LogP contribution in [0, 0.1) is 0 Å². The van der Waals surface area contributed by atoms with Crippen LogP contribution >= 0.6 is 0 Å². The number of ketones is 1. The van der Waals surface area contributed by atoms with Gasteiger partial charge in [0.1, 0.15) is 25.1 Å². The van der Waals surface area contributed by atoms with Crippen LogP contribution in [0.3, 0.4) is 0 Å². The van der Waals surface area contributed by atoms with Crippen molar-refractivity contribution in [3.05, 3.63) is 86.2 Å². The lowest BCUT2D eigenvalue weighted by Crippen LogP contribution is -2.52. The number of nitrogens with two attached hydrogens (primary N) is 1. The first-order chi connectivity index (χ1) is 15.8. The van der Waals surface area contributed by atoms with Crippen molar-refractivity contribution in [3.63, 3.8) is 0 Å². The summed E-state index contributed by atoms with van der Waals surface area (Å²) in [4.78, 5) is 38.3. The Morgan fingerprint density at radius 1 is 1.12 bits per heavy atom. The van der Waals surface area contributed by atoms with E-state index in [2.05, 4.69) is 0 Å². The van der Waals surface area contributed by atoms with Crippen LogP contribution in [-0.2, 0) is 6.54 Å². The molecule has 33 heavy (non-hydrogen) atoms. The number of halogens is 2. The van der Waals surface area contributed by atoms with Gasteiger partial charge >= 0.3 is 11.4 Å². The summed E-state index contributed by atoms with van der Waals surface area (Å²) in [5.41, 5.74) is 4.38. The average molecular weight is 454 g/mol. The van der Waals surface area contributed by atoms with Crippen LogP contribution in [-0.4, -0.2) is 38.7 Å². The summed E-state index contributed by atoms with van der Waals surface area (Å²) < 4.78 is 37.5. The molecule has 0 saturated heterocycles. The highest BCUT2D eigenvalue weighted by Crippen LogP contribution is 2.47. The third-order valence-electron chi connectivity index (χ3n) is 6.21. The topological polar surface area (TPSA) is 101 Å². The molecule has 8 nitrogen and oxygen atoms in total. The van der Waals surface area contributed by atoms with Crippen molar-refractivity contribution < 1.29 is 18.3 Å². The van der Waals surface area contributed by atoms with Gasteiger partial charge in [-0.05, 0) is 37.3 Å². The molecule has 0 saturated carbocycles. The summed E-state index contributed by atoms with van der Waals surface area (Å²) in [6, 6.07) is 9.78. The number of Topliss-reactive ketones (excluding diaryl/α,β-unsaturated/α-hetero) is 1. The third-order valence-corrected chi connectivity index (χ3v) is 6.21. The van der Waals surface area contributed by atoms with E-state index in [0.29, 0.717) is 16.8 Å². The molecule has 0 aliphatic carbocycles. The molecule has 1 atom stereocenters. The predicted octanol–water partition coefficient (Wildman–Crippen LogP) is 2.19. The van der Waals surface area contributed by atoms with Crippen LogP contribution in [0.5, 0.6) is 5.75 Å². The first-order valence-electron chi connectivity index (χ1n) is 10.3. The normalized spacial score (nSPS) is 17.9. The molecule has 3 aromatic rings. The molecule has 2 N–H and O–H groups in total. The van der Waals surface area contributed by atoms with Crippen molar-refractivity contribution >= 4 is 11.5 Å². The zero-order valence-electron chi connectivity index (χ0n) is 17.6. The second-order valence-electron chi connectivity index (χ2n) is 8.15. The number of aromatic nitrogens is 3. The molecule has 1 aromatic heterocycles. The van der Waals surface area contributed by atoms with Crippen molar-refractivity contribution in [1.29, 1.82) is 0 Å². The van der Waals surface area contributed by atoms with Crippen molar-refractivity contribution in [3.8, 4) is 11.4 Å². The molecule has 3 heterocycles. The standard InChI is InChI=1S/C23H20F2N4O4/c1-13(30)14-2-5-16(6-3-14)28-21(31)27-9-8-18-20(29(27)22(28)32)17-7-4-15(26)10-19(17)33-23(18,11-24)12-25/h2-8,10,20H,9,11-12,26H2,1H3. The van der Waals surface area contributed by atoms with Crippen molar-refractivity contribution in [2.45, 2.75) is 25.1 Å². The number of hydrogen-bond acceptors (Lipinski definition) is 5. The summed E-state index contributed by atoms with van der Waals surface area (Å²) in [6.45, 7) is -0.968. The largest absolute Gasteiger partial charge is 0.477 e. The van der Waals surface area contributed by atoms with Gasteiger partial charge < -0.3 is 10.5 Å². The number of nitrogen functional groups attached to an aromatic ring is 1. The first-order valence-corrected chi connectivity index (χ1v) is 10.3. The van der Waals surface area contributed by atoms with E-state index in [4.69, 9.17) is 10.5 Å². The Balaban J connectivity index is 1.75. The number of carbonyl (C=O) groups excluding carboxylic acids is 1. The number of rotatable bonds is 4. The number of carbonyl (C=O) groups is 1. The maximum Gasteiger partial charge on any atom is 0.352 e. The molecular formula is C23H20F2N4O4. The lowest BCUT2D eigenvalue weighted by atomic mass is 9.82. The van der Waals surface area contributed by atoms with E-state index in [9.17, 15) is 23.2 Å². The quantitative estimate of drug-likeness (QED) is 0.370. The van der Waals surface area contributed by atoms with Gasteiger partial charge in [0.25, 0.3) is 0 Å². The number of benzene rings is 2. The molecule has 0 amide bonds. The molecule has 5 rings (SSSR count). The van der Waals surface area contributed by atoms with E-state index in [1.165, 1.54) is 52.7 Å². The Labute approximate surface area is 186 Å². The molecule has 170 valence electrons. The Morgan fingerprint density at radius 3 is 2.45 bits per heavy atom. The van der Waals surface area contributed by atoms with Crippen molar-refractivity contribution in [2.24, 2.45) is 0 Å². The molecule has 2 aliphatic heterocycles. The monoisotopic (exact) mass is 454 g/mol. The van der Waals surface area contributed by atoms with Gasteiger partial charge in [-0.3, -0.25) is 4.79 Å². The number of fused-ring (bicyclic) bond motifs is 5. The number of allylic oxidation sites excluding steroid dienone is 1. The van der Waals surface area contributed by atoms with Crippen molar-refractivity contribution in [1.82, 2.24) is 13.9 Å². The minimum absolute atomic E-state index is 0.0617. The Hall–Kier alpha value is -3.95. The van der Waals surface area contributed by atoms with Crippen LogP contribution in [0.2, 0.25) is 0 Å². The van der Waals surface area contributed by atoms with E-state index < -0.39 is 36.4 Å². The van der Waals surface area contributed by atoms with E-state index >= 15 is 0 Å². The summed E-state index contributed by atoms with van der Waals surface area (Å²) in [6.07, 6.45) is 1.53. The van der Waals surface area contributed by atoms with Gasteiger partial charge in [0, 0.05) is 28.5 Å². The van der Waals surface area contributed by atoms with Crippen LogP contribution in [0.1, 0.15) is 28.9 Å². The molecule has 1 unspecified atom stereocenters. The lowest BCUT2D eigenvalue weighted by molar-refractivity contribution is 0.0288. The number of nitrogens with zero attached hydrogens (tertiary/aromatic N) is 3. The van der Waals surface area contributed by atoms with Crippen LogP contribution in [0.4, 0.5) is 14.5 Å². The van der Waals surface area contributed by atoms with Crippen LogP contribution < -0.4 is 21.9 Å². The van der Waals surface area contributed by atoms with E-state index in [-0.39, 0.29) is 29.3 Å². The molecule has 10 heteroatoms. The predicted molar refractivity (Wildman–Crippen MR) is 117 cm³/mol. The van der Waals surface area contributed by atoms with Gasteiger partial charge in [0.15, 0.2) is 11.4 Å². The SMILES string of the molecule is CC(=O)c1ccc(-n2c(=O)n3n(c2=O)C2C(=CC3)C(CF)(CF)Oc3cc(N)ccc32)cc1. The highest BCUT2D eigenvalue weighted by Gasteiger charge is 2.49. The zero-order valence-corrected chi connectivity index (χ0v) is 17.6. The van der Waals surface area contributed by atoms with Gasteiger partial charge in [-0.15, -0.1) is 0 Å². The second-order valence-corrected chi connectivity index (χ2v) is 8.15. The van der Waals surface area contributed by atoms with Gasteiger partial charge in [-0.2, -0.15) is 0 Å². The van der Waals surface area contributed by atoms with Gasteiger partial charge in [0.05, 0.1) is 12.2 Å². The molecule has 2 aromatic carbocycles. The fourth-order valence-electron chi connectivity index (χ4n) is 4.52. The third kappa shape index (κ3) is 2.90. The molecule has 2 aliphatic rings. The Bertz CT molecular complexity index is 1430. The summed E-state index contributed by atoms with van der Waals surface area (Å²) in [7, 11) is 0. The fraction of sp³-hybridized carbons (Fsp3) is 0.261. The Morgan fingerprint density at radius 2 is 1.82 bits per heavy atom. The van der Waals surface area contributed by atoms with E-state index in [0.717, 1.165) is 4.57 Å². The average Bonchev–Trinajstić information content (AvgIpc) is 3.08. The summed E-state index contributed by atoms with van der Waals surface area (Å²) in [5, 5.41) is 0. The highest BCUT2D eigenvalue weighted by molar-refractivity contribution is 5.94. The molecular weight excluding hydrogens is 434 g/mol. The number of alkyl halides is 2. The maximum atomic E-state index is 14.2. The molecule has 0 fully saturated rings. The Kier molecular flexibility index (Phi) is 4.62.